The molecular weight excluding hydrogens is 484 g/mol. The van der Waals surface area contributed by atoms with Crippen LogP contribution in [0.1, 0.15) is 43.0 Å². The Balaban J connectivity index is 1.38. The Morgan fingerprint density at radius 3 is 1.84 bits per heavy atom. The van der Waals surface area contributed by atoms with Gasteiger partial charge in [0.2, 0.25) is 0 Å². The van der Waals surface area contributed by atoms with Crippen molar-refractivity contribution in [1.29, 1.82) is 0 Å². The van der Waals surface area contributed by atoms with E-state index < -0.39 is 5.97 Å². The largest absolute Gasteiger partial charge is 0.494 e. The molecule has 0 heterocycles. The molecule has 0 saturated heterocycles. The van der Waals surface area contributed by atoms with Crippen LogP contribution in [0.2, 0.25) is 0 Å². The molecule has 8 heteroatoms. The van der Waals surface area contributed by atoms with Crippen molar-refractivity contribution in [3.8, 4) is 17.2 Å². The molecule has 0 aliphatic heterocycles. The maximum atomic E-state index is 12.4. The highest BCUT2D eigenvalue weighted by Gasteiger charge is 2.09. The summed E-state index contributed by atoms with van der Waals surface area (Å²) in [5.41, 5.74) is 1.71. The first kappa shape index (κ1) is 28.1. The average molecular weight is 517 g/mol. The Labute approximate surface area is 222 Å². The van der Waals surface area contributed by atoms with E-state index >= 15 is 0 Å². The van der Waals surface area contributed by atoms with Crippen molar-refractivity contribution in [2.75, 3.05) is 19.8 Å². The van der Waals surface area contributed by atoms with E-state index in [0.29, 0.717) is 42.5 Å². The Bertz CT molecular complexity index is 1190. The minimum atomic E-state index is -0.456. The first-order valence-electron chi connectivity index (χ1n) is 12.6. The fraction of sp³-hybridized carbons (Fsp3) is 0.267. The van der Waals surface area contributed by atoms with E-state index in [4.69, 9.17) is 18.9 Å². The number of benzene rings is 3. The van der Waals surface area contributed by atoms with Crippen LogP contribution in [0, 0.1) is 0 Å². The summed E-state index contributed by atoms with van der Waals surface area (Å²) in [5, 5.41) is 8.47. The van der Waals surface area contributed by atoms with E-state index in [-0.39, 0.29) is 5.97 Å². The number of carbonyl (C=O) groups is 2. The van der Waals surface area contributed by atoms with Crippen LogP contribution in [0.25, 0.3) is 0 Å². The molecule has 0 unspecified atom stereocenters. The van der Waals surface area contributed by atoms with E-state index in [1.54, 1.807) is 48.5 Å². The van der Waals surface area contributed by atoms with Crippen molar-refractivity contribution in [3.05, 3.63) is 91.0 Å². The Kier molecular flexibility index (Phi) is 11.5. The molecule has 198 valence electrons. The van der Waals surface area contributed by atoms with Gasteiger partial charge in [-0.15, -0.1) is 0 Å². The zero-order valence-corrected chi connectivity index (χ0v) is 21.5. The van der Waals surface area contributed by atoms with Crippen LogP contribution < -0.4 is 14.2 Å². The van der Waals surface area contributed by atoms with Gasteiger partial charge in [-0.1, -0.05) is 6.58 Å². The number of carbonyl (C=O) groups excluding carboxylic acids is 2. The van der Waals surface area contributed by atoms with Crippen LogP contribution >= 0.6 is 0 Å². The molecule has 8 nitrogen and oxygen atoms in total. The second kappa shape index (κ2) is 15.6. The third-order valence-electron chi connectivity index (χ3n) is 5.28. The fourth-order valence-electron chi connectivity index (χ4n) is 3.30. The number of azo groups is 1. The predicted octanol–water partition coefficient (Wildman–Crippen LogP) is 7.39. The smallest absolute Gasteiger partial charge is 0.343 e. The summed E-state index contributed by atoms with van der Waals surface area (Å²) in [6.07, 6.45) is 4.88. The number of esters is 2. The van der Waals surface area contributed by atoms with E-state index in [1.165, 1.54) is 6.08 Å². The molecule has 3 aromatic carbocycles. The summed E-state index contributed by atoms with van der Waals surface area (Å²) >= 11 is 0. The molecule has 0 radical (unpaired) electrons. The van der Waals surface area contributed by atoms with Crippen molar-refractivity contribution < 1.29 is 28.5 Å². The van der Waals surface area contributed by atoms with Gasteiger partial charge in [-0.3, -0.25) is 0 Å². The molecule has 3 aromatic rings. The SMILES string of the molecule is C=CC(=O)OCCCCCCOc1ccc(N=Nc2ccc(C(=O)Oc3ccc(OCC)cc3)cc2)cc1. The van der Waals surface area contributed by atoms with Gasteiger partial charge in [-0.25, -0.2) is 9.59 Å². The minimum Gasteiger partial charge on any atom is -0.494 e. The number of nitrogens with zero attached hydrogens (tertiary/aromatic N) is 2. The van der Waals surface area contributed by atoms with Gasteiger partial charge in [0.25, 0.3) is 0 Å². The number of hydrogen-bond acceptors (Lipinski definition) is 8. The maximum absolute atomic E-state index is 12.4. The zero-order valence-electron chi connectivity index (χ0n) is 21.5. The molecular formula is C30H32N2O6. The molecule has 0 spiro atoms. The molecule has 0 aromatic heterocycles. The van der Waals surface area contributed by atoms with Crippen LogP contribution in [-0.2, 0) is 9.53 Å². The van der Waals surface area contributed by atoms with Gasteiger partial charge < -0.3 is 18.9 Å². The summed E-state index contributed by atoms with van der Waals surface area (Å²) in [7, 11) is 0. The molecule has 0 aliphatic rings. The lowest BCUT2D eigenvalue weighted by Crippen LogP contribution is -2.08. The number of hydrogen-bond donors (Lipinski definition) is 0. The van der Waals surface area contributed by atoms with E-state index in [9.17, 15) is 9.59 Å². The van der Waals surface area contributed by atoms with Crippen LogP contribution in [0.4, 0.5) is 11.4 Å². The van der Waals surface area contributed by atoms with Gasteiger partial charge in [-0.2, -0.15) is 10.2 Å². The van der Waals surface area contributed by atoms with Crippen LogP contribution in [0.15, 0.2) is 95.7 Å². The molecule has 0 aliphatic carbocycles. The summed E-state index contributed by atoms with van der Waals surface area (Å²) < 4.78 is 21.5. The van der Waals surface area contributed by atoms with E-state index in [0.717, 1.165) is 37.2 Å². The second-order valence-corrected chi connectivity index (χ2v) is 8.17. The van der Waals surface area contributed by atoms with E-state index in [1.807, 2.05) is 31.2 Å². The molecule has 0 N–H and O–H groups in total. The topological polar surface area (TPSA) is 95.8 Å². The van der Waals surface area contributed by atoms with Crippen LogP contribution in [0.5, 0.6) is 17.2 Å². The summed E-state index contributed by atoms with van der Waals surface area (Å²) in [6.45, 7) is 6.88. The number of rotatable bonds is 15. The van der Waals surface area contributed by atoms with Crippen molar-refractivity contribution in [2.24, 2.45) is 10.2 Å². The van der Waals surface area contributed by atoms with Gasteiger partial charge in [0, 0.05) is 6.08 Å². The summed E-state index contributed by atoms with van der Waals surface area (Å²) in [6, 6.07) is 21.0. The minimum absolute atomic E-state index is 0.382. The zero-order chi connectivity index (χ0) is 27.0. The van der Waals surface area contributed by atoms with Crippen LogP contribution in [0.3, 0.4) is 0 Å². The second-order valence-electron chi connectivity index (χ2n) is 8.17. The molecule has 0 amide bonds. The lowest BCUT2D eigenvalue weighted by Gasteiger charge is -2.07. The van der Waals surface area contributed by atoms with Gasteiger partial charge >= 0.3 is 11.9 Å². The highest BCUT2D eigenvalue weighted by Crippen LogP contribution is 2.23. The number of unbranched alkanes of at least 4 members (excludes halogenated alkanes) is 3. The van der Waals surface area contributed by atoms with Crippen molar-refractivity contribution in [2.45, 2.75) is 32.6 Å². The Hall–Kier alpha value is -4.46. The first-order chi connectivity index (χ1) is 18.6. The average Bonchev–Trinajstić information content (AvgIpc) is 2.95. The normalized spacial score (nSPS) is 10.7. The lowest BCUT2D eigenvalue weighted by atomic mass is 10.2. The highest BCUT2D eigenvalue weighted by molar-refractivity contribution is 5.91. The predicted molar refractivity (Wildman–Crippen MR) is 145 cm³/mol. The van der Waals surface area contributed by atoms with Crippen LogP contribution in [-0.4, -0.2) is 31.8 Å². The Morgan fingerprint density at radius 2 is 1.24 bits per heavy atom. The highest BCUT2D eigenvalue weighted by atomic mass is 16.5. The molecule has 0 saturated carbocycles. The summed E-state index contributed by atoms with van der Waals surface area (Å²) in [5.74, 6) is 1.09. The quantitative estimate of drug-likeness (QED) is 0.0687. The third kappa shape index (κ3) is 9.89. The van der Waals surface area contributed by atoms with Gasteiger partial charge in [0.15, 0.2) is 0 Å². The van der Waals surface area contributed by atoms with Crippen molar-refractivity contribution >= 4 is 23.3 Å². The lowest BCUT2D eigenvalue weighted by molar-refractivity contribution is -0.137. The molecule has 38 heavy (non-hydrogen) atoms. The van der Waals surface area contributed by atoms with Crippen molar-refractivity contribution in [3.63, 3.8) is 0 Å². The fourth-order valence-corrected chi connectivity index (χ4v) is 3.30. The first-order valence-corrected chi connectivity index (χ1v) is 12.6. The number of ether oxygens (including phenoxy) is 4. The Morgan fingerprint density at radius 1 is 0.711 bits per heavy atom. The van der Waals surface area contributed by atoms with Gasteiger partial charge in [0.05, 0.1) is 36.8 Å². The molecule has 0 atom stereocenters. The maximum Gasteiger partial charge on any atom is 0.343 e. The summed E-state index contributed by atoms with van der Waals surface area (Å²) in [4.78, 5) is 23.4. The van der Waals surface area contributed by atoms with E-state index in [2.05, 4.69) is 16.8 Å². The van der Waals surface area contributed by atoms with Crippen molar-refractivity contribution in [1.82, 2.24) is 0 Å². The molecule has 0 bridgehead atoms. The van der Waals surface area contributed by atoms with Gasteiger partial charge in [0.1, 0.15) is 17.2 Å². The standard InChI is InChI=1S/C30H32N2O6/c1-3-29(33)37-22-8-6-5-7-21-36-27-15-13-25(14-16-27)32-31-24-11-9-23(10-12-24)30(34)38-28-19-17-26(18-20-28)35-4-2/h3,9-20H,1,4-8,21-22H2,2H3. The molecule has 3 rings (SSSR count). The van der Waals surface area contributed by atoms with Gasteiger partial charge in [-0.05, 0) is 105 Å². The third-order valence-corrected chi connectivity index (χ3v) is 5.28. The monoisotopic (exact) mass is 516 g/mol. The molecule has 0 fully saturated rings.